The van der Waals surface area contributed by atoms with Crippen LogP contribution in [0, 0.1) is 0 Å². The highest BCUT2D eigenvalue weighted by molar-refractivity contribution is 5.12. The normalized spacial score (nSPS) is 33.7. The highest BCUT2D eigenvalue weighted by atomic mass is 16.3. The fourth-order valence-electron chi connectivity index (χ4n) is 1.56. The van der Waals surface area contributed by atoms with Crippen LogP contribution in [0.15, 0.2) is 11.6 Å². The Morgan fingerprint density at radius 2 is 2.40 bits per heavy atom. The average molecular weight is 140 g/mol. The van der Waals surface area contributed by atoms with Crippen molar-refractivity contribution >= 4 is 0 Å². The zero-order valence-corrected chi connectivity index (χ0v) is 6.85. The second kappa shape index (κ2) is 2.75. The molecule has 1 aliphatic carbocycles. The van der Waals surface area contributed by atoms with Crippen molar-refractivity contribution < 1.29 is 5.11 Å². The van der Waals surface area contributed by atoms with Gasteiger partial charge in [-0.05, 0) is 32.6 Å². The number of rotatable bonds is 1. The van der Waals surface area contributed by atoms with Gasteiger partial charge >= 0.3 is 0 Å². The first-order chi connectivity index (χ1) is 4.66. The van der Waals surface area contributed by atoms with Crippen molar-refractivity contribution in [3.63, 3.8) is 0 Å². The molecule has 0 bridgehead atoms. The molecule has 58 valence electrons. The minimum Gasteiger partial charge on any atom is -0.386 e. The van der Waals surface area contributed by atoms with Crippen LogP contribution >= 0.6 is 0 Å². The molecule has 1 atom stereocenters. The zero-order valence-electron chi connectivity index (χ0n) is 6.85. The molecule has 1 N–H and O–H groups in total. The van der Waals surface area contributed by atoms with E-state index in [2.05, 4.69) is 6.92 Å². The van der Waals surface area contributed by atoms with Gasteiger partial charge in [0.1, 0.15) is 0 Å². The predicted octanol–water partition coefficient (Wildman–Crippen LogP) is 2.26. The summed E-state index contributed by atoms with van der Waals surface area (Å²) in [6, 6.07) is 0. The van der Waals surface area contributed by atoms with Crippen molar-refractivity contribution in [2.45, 2.75) is 45.1 Å². The molecule has 0 aliphatic heterocycles. The molecular formula is C9H16O. The van der Waals surface area contributed by atoms with Gasteiger partial charge in [-0.2, -0.15) is 0 Å². The summed E-state index contributed by atoms with van der Waals surface area (Å²) in [4.78, 5) is 0. The van der Waals surface area contributed by atoms with E-state index >= 15 is 0 Å². The fraction of sp³-hybridized carbons (Fsp3) is 0.778. The maximum absolute atomic E-state index is 9.77. The van der Waals surface area contributed by atoms with Crippen LogP contribution in [0.5, 0.6) is 0 Å². The second-order valence-corrected chi connectivity index (χ2v) is 3.30. The van der Waals surface area contributed by atoms with Gasteiger partial charge in [-0.15, -0.1) is 0 Å². The van der Waals surface area contributed by atoms with Crippen LogP contribution in [-0.4, -0.2) is 10.7 Å². The topological polar surface area (TPSA) is 20.2 Å². The van der Waals surface area contributed by atoms with E-state index in [0.717, 1.165) is 19.3 Å². The molecule has 10 heavy (non-hydrogen) atoms. The van der Waals surface area contributed by atoms with E-state index < -0.39 is 5.60 Å². The molecule has 0 aromatic heterocycles. The van der Waals surface area contributed by atoms with Crippen molar-refractivity contribution in [1.82, 2.24) is 0 Å². The number of hydrogen-bond donors (Lipinski definition) is 1. The smallest absolute Gasteiger partial charge is 0.0827 e. The van der Waals surface area contributed by atoms with Crippen molar-refractivity contribution in [1.29, 1.82) is 0 Å². The van der Waals surface area contributed by atoms with Gasteiger partial charge < -0.3 is 5.11 Å². The van der Waals surface area contributed by atoms with Crippen LogP contribution in [0.1, 0.15) is 39.5 Å². The van der Waals surface area contributed by atoms with E-state index in [4.69, 9.17) is 0 Å². The lowest BCUT2D eigenvalue weighted by molar-refractivity contribution is 0.0692. The fourth-order valence-corrected chi connectivity index (χ4v) is 1.56. The first-order valence-corrected chi connectivity index (χ1v) is 4.07. The predicted molar refractivity (Wildman–Crippen MR) is 42.8 cm³/mol. The first kappa shape index (κ1) is 7.80. The van der Waals surface area contributed by atoms with E-state index in [1.165, 1.54) is 12.0 Å². The molecule has 1 rings (SSSR count). The Morgan fingerprint density at radius 1 is 1.70 bits per heavy atom. The Morgan fingerprint density at radius 3 is 2.80 bits per heavy atom. The maximum atomic E-state index is 9.77. The summed E-state index contributed by atoms with van der Waals surface area (Å²) in [5.41, 5.74) is 0.873. The Kier molecular flexibility index (Phi) is 2.14. The number of hydrogen-bond acceptors (Lipinski definition) is 1. The highest BCUT2D eigenvalue weighted by Gasteiger charge is 2.24. The molecule has 0 aromatic carbocycles. The largest absolute Gasteiger partial charge is 0.386 e. The summed E-state index contributed by atoms with van der Waals surface area (Å²) in [5, 5.41) is 9.77. The third-order valence-corrected chi connectivity index (χ3v) is 2.31. The Labute approximate surface area is 62.8 Å². The summed E-state index contributed by atoms with van der Waals surface area (Å²) in [5.74, 6) is 0. The zero-order chi connectivity index (χ0) is 7.61. The third kappa shape index (κ3) is 1.60. The van der Waals surface area contributed by atoms with Gasteiger partial charge in [0.05, 0.1) is 5.60 Å². The van der Waals surface area contributed by atoms with E-state index in [-0.39, 0.29) is 0 Å². The van der Waals surface area contributed by atoms with Crippen molar-refractivity contribution in [2.24, 2.45) is 0 Å². The molecule has 0 saturated heterocycles. The SMILES string of the molecule is CCC1(O)C=C(C)CCC1. The van der Waals surface area contributed by atoms with Crippen molar-refractivity contribution in [3.8, 4) is 0 Å². The monoisotopic (exact) mass is 140 g/mol. The summed E-state index contributed by atoms with van der Waals surface area (Å²) in [6.45, 7) is 4.13. The van der Waals surface area contributed by atoms with Crippen LogP contribution in [-0.2, 0) is 0 Å². The Bertz CT molecular complexity index is 149. The molecule has 0 amide bonds. The van der Waals surface area contributed by atoms with Gasteiger partial charge in [-0.3, -0.25) is 0 Å². The number of allylic oxidation sites excluding steroid dienone is 1. The lowest BCUT2D eigenvalue weighted by Crippen LogP contribution is -2.27. The molecule has 1 unspecified atom stereocenters. The summed E-state index contributed by atoms with van der Waals surface area (Å²) < 4.78 is 0. The van der Waals surface area contributed by atoms with Crippen LogP contribution in [0.4, 0.5) is 0 Å². The van der Waals surface area contributed by atoms with Crippen LogP contribution in [0.25, 0.3) is 0 Å². The van der Waals surface area contributed by atoms with Gasteiger partial charge in [0.2, 0.25) is 0 Å². The Hall–Kier alpha value is -0.300. The summed E-state index contributed by atoms with van der Waals surface area (Å²) >= 11 is 0. The molecule has 1 heteroatoms. The summed E-state index contributed by atoms with van der Waals surface area (Å²) in [6.07, 6.45) is 6.14. The van der Waals surface area contributed by atoms with E-state index in [1.807, 2.05) is 13.0 Å². The third-order valence-electron chi connectivity index (χ3n) is 2.31. The first-order valence-electron chi connectivity index (χ1n) is 4.07. The molecule has 0 heterocycles. The minimum atomic E-state index is -0.470. The second-order valence-electron chi connectivity index (χ2n) is 3.30. The lowest BCUT2D eigenvalue weighted by Gasteiger charge is -2.27. The standard InChI is InChI=1S/C9H16O/c1-3-9(10)6-4-5-8(2)7-9/h7,10H,3-6H2,1-2H3. The minimum absolute atomic E-state index is 0.470. The average Bonchev–Trinajstić information content (AvgIpc) is 1.88. The van der Waals surface area contributed by atoms with Crippen LogP contribution in [0.3, 0.4) is 0 Å². The maximum Gasteiger partial charge on any atom is 0.0827 e. The molecule has 0 aromatic rings. The summed E-state index contributed by atoms with van der Waals surface area (Å²) in [7, 11) is 0. The van der Waals surface area contributed by atoms with Crippen LogP contribution in [0.2, 0.25) is 0 Å². The van der Waals surface area contributed by atoms with Gasteiger partial charge in [-0.1, -0.05) is 18.6 Å². The molecule has 0 fully saturated rings. The molecule has 1 nitrogen and oxygen atoms in total. The van der Waals surface area contributed by atoms with Gasteiger partial charge in [0.15, 0.2) is 0 Å². The van der Waals surface area contributed by atoms with E-state index in [0.29, 0.717) is 0 Å². The quantitative estimate of drug-likeness (QED) is 0.554. The molecular weight excluding hydrogens is 124 g/mol. The molecule has 0 saturated carbocycles. The number of aliphatic hydroxyl groups is 1. The Balaban J connectivity index is 2.69. The van der Waals surface area contributed by atoms with Crippen molar-refractivity contribution in [2.75, 3.05) is 0 Å². The van der Waals surface area contributed by atoms with E-state index in [9.17, 15) is 5.11 Å². The van der Waals surface area contributed by atoms with Gasteiger partial charge in [0, 0.05) is 0 Å². The van der Waals surface area contributed by atoms with Crippen molar-refractivity contribution in [3.05, 3.63) is 11.6 Å². The molecule has 1 aliphatic rings. The van der Waals surface area contributed by atoms with Gasteiger partial charge in [-0.25, -0.2) is 0 Å². The van der Waals surface area contributed by atoms with Gasteiger partial charge in [0.25, 0.3) is 0 Å². The lowest BCUT2D eigenvalue weighted by atomic mass is 9.85. The molecule has 0 spiro atoms. The van der Waals surface area contributed by atoms with E-state index in [1.54, 1.807) is 0 Å². The highest BCUT2D eigenvalue weighted by Crippen LogP contribution is 2.28. The van der Waals surface area contributed by atoms with Crippen LogP contribution < -0.4 is 0 Å². The molecule has 0 radical (unpaired) electrons.